The number of nitrogens with one attached hydrogen (secondary N) is 1. The fraction of sp³-hybridized carbons (Fsp3) is 0.429. The molecule has 0 aliphatic carbocycles. The number of benzene rings is 1. The van der Waals surface area contributed by atoms with Crippen LogP contribution in [0.4, 0.5) is 0 Å². The number of nitrogens with zero attached hydrogens (tertiary/aromatic N) is 1. The quantitative estimate of drug-likeness (QED) is 0.876. The molecule has 2 N–H and O–H groups in total. The van der Waals surface area contributed by atoms with Crippen molar-refractivity contribution in [3.05, 3.63) is 34.9 Å². The summed E-state index contributed by atoms with van der Waals surface area (Å²) in [5.41, 5.74) is 0.348. The van der Waals surface area contributed by atoms with E-state index in [-0.39, 0.29) is 18.4 Å². The summed E-state index contributed by atoms with van der Waals surface area (Å²) in [5, 5.41) is 12.4. The van der Waals surface area contributed by atoms with Gasteiger partial charge in [-0.2, -0.15) is 0 Å². The van der Waals surface area contributed by atoms with E-state index in [1.54, 1.807) is 29.2 Å². The normalized spacial score (nSPS) is 18.7. The smallest absolute Gasteiger partial charge is 0.253 e. The largest absolute Gasteiger partial charge is 0.391 e. The predicted octanol–water partition coefficient (Wildman–Crippen LogP) is 1.05. The van der Waals surface area contributed by atoms with E-state index in [0.29, 0.717) is 23.7 Å². The van der Waals surface area contributed by atoms with Gasteiger partial charge >= 0.3 is 0 Å². The van der Waals surface area contributed by atoms with Crippen LogP contribution in [-0.2, 0) is 4.79 Å². The molecule has 2 rings (SSSR count). The first-order chi connectivity index (χ1) is 9.58. The highest BCUT2D eigenvalue weighted by Crippen LogP contribution is 2.14. The molecule has 1 aliphatic heterocycles. The van der Waals surface area contributed by atoms with Crippen LogP contribution in [0.15, 0.2) is 24.3 Å². The van der Waals surface area contributed by atoms with Gasteiger partial charge in [0.1, 0.15) is 0 Å². The first-order valence-corrected chi connectivity index (χ1v) is 6.94. The van der Waals surface area contributed by atoms with Crippen LogP contribution in [-0.4, -0.2) is 47.6 Å². The van der Waals surface area contributed by atoms with Crippen molar-refractivity contribution in [2.24, 2.45) is 0 Å². The van der Waals surface area contributed by atoms with E-state index in [1.165, 1.54) is 0 Å². The van der Waals surface area contributed by atoms with E-state index >= 15 is 0 Å². The number of aliphatic hydroxyl groups is 1. The summed E-state index contributed by atoms with van der Waals surface area (Å²) < 4.78 is 0. The van der Waals surface area contributed by atoms with Crippen LogP contribution in [0, 0.1) is 0 Å². The molecule has 5 nitrogen and oxygen atoms in total. The van der Waals surface area contributed by atoms with Gasteiger partial charge in [0.05, 0.1) is 23.2 Å². The van der Waals surface area contributed by atoms with E-state index in [2.05, 4.69) is 5.32 Å². The van der Waals surface area contributed by atoms with Gasteiger partial charge in [-0.05, 0) is 25.0 Å². The Bertz CT molecular complexity index is 507. The van der Waals surface area contributed by atoms with Gasteiger partial charge in [0, 0.05) is 13.1 Å². The van der Waals surface area contributed by atoms with Gasteiger partial charge in [-0.3, -0.25) is 9.59 Å². The molecule has 1 unspecified atom stereocenters. The number of piperidine rings is 1. The lowest BCUT2D eigenvalue weighted by Crippen LogP contribution is -2.46. The molecule has 1 heterocycles. The van der Waals surface area contributed by atoms with E-state index in [4.69, 9.17) is 11.6 Å². The molecule has 1 saturated heterocycles. The minimum atomic E-state index is -0.466. The second-order valence-electron chi connectivity index (χ2n) is 4.80. The Balaban J connectivity index is 1.87. The molecule has 0 bridgehead atoms. The lowest BCUT2D eigenvalue weighted by Gasteiger charge is -2.30. The average molecular weight is 297 g/mol. The number of halogens is 1. The van der Waals surface area contributed by atoms with Crippen molar-refractivity contribution in [3.63, 3.8) is 0 Å². The number of likely N-dealkylation sites (tertiary alicyclic amines) is 1. The van der Waals surface area contributed by atoms with Crippen LogP contribution in [0.3, 0.4) is 0 Å². The Morgan fingerprint density at radius 1 is 1.40 bits per heavy atom. The Labute approximate surface area is 122 Å². The molecular formula is C14H17ClN2O3. The van der Waals surface area contributed by atoms with Crippen molar-refractivity contribution in [2.45, 2.75) is 18.9 Å². The third kappa shape index (κ3) is 3.71. The van der Waals surface area contributed by atoms with E-state index < -0.39 is 6.10 Å². The standard InChI is InChI=1S/C14H17ClN2O3/c15-12-6-2-1-5-11(12)14(20)16-8-13(19)17-7-3-4-10(18)9-17/h1-2,5-6,10,18H,3-4,7-9H2,(H,16,20). The van der Waals surface area contributed by atoms with E-state index in [0.717, 1.165) is 12.8 Å². The number of carbonyl (C=O) groups excluding carboxylic acids is 2. The maximum absolute atomic E-state index is 11.9. The molecular weight excluding hydrogens is 280 g/mol. The zero-order valence-electron chi connectivity index (χ0n) is 11.0. The topological polar surface area (TPSA) is 69.6 Å². The summed E-state index contributed by atoms with van der Waals surface area (Å²) in [7, 11) is 0. The number of β-amino-alcohol motifs (C(OH)–C–C–N with tert-alkyl or cyclic N) is 1. The highest BCUT2D eigenvalue weighted by Gasteiger charge is 2.22. The van der Waals surface area contributed by atoms with Crippen LogP contribution in [0.2, 0.25) is 5.02 Å². The first-order valence-electron chi connectivity index (χ1n) is 6.56. The van der Waals surface area contributed by atoms with Crippen molar-refractivity contribution in [1.29, 1.82) is 0 Å². The Hall–Kier alpha value is -1.59. The molecule has 1 aliphatic rings. The molecule has 1 atom stereocenters. The zero-order valence-corrected chi connectivity index (χ0v) is 11.8. The van der Waals surface area contributed by atoms with Gasteiger partial charge in [-0.1, -0.05) is 23.7 Å². The number of carbonyl (C=O) groups is 2. The Kier molecular flexibility index (Phi) is 4.98. The highest BCUT2D eigenvalue weighted by atomic mass is 35.5. The number of hydrogen-bond donors (Lipinski definition) is 2. The SMILES string of the molecule is O=C(NCC(=O)N1CCCC(O)C1)c1ccccc1Cl. The van der Waals surface area contributed by atoms with Crippen molar-refractivity contribution in [3.8, 4) is 0 Å². The third-order valence-corrected chi connectivity index (χ3v) is 3.60. The third-order valence-electron chi connectivity index (χ3n) is 3.27. The monoisotopic (exact) mass is 296 g/mol. The van der Waals surface area contributed by atoms with Crippen molar-refractivity contribution in [1.82, 2.24) is 10.2 Å². The average Bonchev–Trinajstić information content (AvgIpc) is 2.45. The Morgan fingerprint density at radius 3 is 2.85 bits per heavy atom. The molecule has 1 fully saturated rings. The molecule has 108 valence electrons. The summed E-state index contributed by atoms with van der Waals surface area (Å²) in [6, 6.07) is 6.68. The molecule has 0 radical (unpaired) electrons. The molecule has 0 aromatic heterocycles. The summed E-state index contributed by atoms with van der Waals surface area (Å²) in [6.45, 7) is 0.870. The predicted molar refractivity (Wildman–Crippen MR) is 75.6 cm³/mol. The second kappa shape index (κ2) is 6.72. The van der Waals surface area contributed by atoms with Gasteiger partial charge in [0.25, 0.3) is 5.91 Å². The zero-order chi connectivity index (χ0) is 14.5. The minimum absolute atomic E-state index is 0.0865. The summed E-state index contributed by atoms with van der Waals surface area (Å²) in [6.07, 6.45) is 1.04. The van der Waals surface area contributed by atoms with E-state index in [1.807, 2.05) is 0 Å². The molecule has 2 amide bonds. The Morgan fingerprint density at radius 2 is 2.15 bits per heavy atom. The van der Waals surface area contributed by atoms with Gasteiger partial charge < -0.3 is 15.3 Å². The van der Waals surface area contributed by atoms with Crippen molar-refractivity contribution in [2.75, 3.05) is 19.6 Å². The lowest BCUT2D eigenvalue weighted by atomic mass is 10.1. The fourth-order valence-electron chi connectivity index (χ4n) is 2.19. The number of amides is 2. The van der Waals surface area contributed by atoms with Gasteiger partial charge in [-0.15, -0.1) is 0 Å². The fourth-order valence-corrected chi connectivity index (χ4v) is 2.41. The number of hydrogen-bond acceptors (Lipinski definition) is 3. The summed E-state index contributed by atoms with van der Waals surface area (Å²) in [4.78, 5) is 25.4. The van der Waals surface area contributed by atoms with Gasteiger partial charge in [0.15, 0.2) is 0 Å². The van der Waals surface area contributed by atoms with E-state index in [9.17, 15) is 14.7 Å². The second-order valence-corrected chi connectivity index (χ2v) is 5.21. The highest BCUT2D eigenvalue weighted by molar-refractivity contribution is 6.33. The van der Waals surface area contributed by atoms with Crippen LogP contribution >= 0.6 is 11.6 Å². The van der Waals surface area contributed by atoms with Crippen LogP contribution in [0.1, 0.15) is 23.2 Å². The maximum Gasteiger partial charge on any atom is 0.253 e. The molecule has 0 saturated carbocycles. The molecule has 6 heteroatoms. The van der Waals surface area contributed by atoms with Crippen molar-refractivity contribution < 1.29 is 14.7 Å². The first kappa shape index (κ1) is 14.8. The maximum atomic E-state index is 11.9. The van der Waals surface area contributed by atoms with Gasteiger partial charge in [-0.25, -0.2) is 0 Å². The van der Waals surface area contributed by atoms with Crippen molar-refractivity contribution >= 4 is 23.4 Å². The van der Waals surface area contributed by atoms with Crippen LogP contribution in [0.5, 0.6) is 0 Å². The summed E-state index contributed by atoms with van der Waals surface area (Å²) >= 11 is 5.91. The number of rotatable bonds is 3. The number of aliphatic hydroxyl groups excluding tert-OH is 1. The van der Waals surface area contributed by atoms with Crippen LogP contribution < -0.4 is 5.32 Å². The molecule has 1 aromatic carbocycles. The summed E-state index contributed by atoms with van der Waals surface area (Å²) in [5.74, 6) is -0.564. The molecule has 0 spiro atoms. The van der Waals surface area contributed by atoms with Gasteiger partial charge in [0.2, 0.25) is 5.91 Å². The lowest BCUT2D eigenvalue weighted by molar-refractivity contribution is -0.133. The van der Waals surface area contributed by atoms with Crippen LogP contribution in [0.25, 0.3) is 0 Å². The minimum Gasteiger partial charge on any atom is -0.391 e. The molecule has 20 heavy (non-hydrogen) atoms. The molecule has 1 aromatic rings.